The summed E-state index contributed by atoms with van der Waals surface area (Å²) in [5, 5.41) is 11.1. The van der Waals surface area contributed by atoms with Gasteiger partial charge >= 0.3 is 5.97 Å². The number of carbonyl (C=O) groups is 1. The van der Waals surface area contributed by atoms with Gasteiger partial charge in [-0.1, -0.05) is 49.0 Å². The van der Waals surface area contributed by atoms with Crippen LogP contribution < -0.4 is 19.6 Å². The van der Waals surface area contributed by atoms with E-state index in [9.17, 15) is 14.7 Å². The predicted octanol–water partition coefficient (Wildman–Crippen LogP) is 6.99. The Morgan fingerprint density at radius 1 is 0.838 bits per heavy atom. The molecule has 0 aliphatic heterocycles. The van der Waals surface area contributed by atoms with Gasteiger partial charge in [0.2, 0.25) is 5.43 Å². The zero-order chi connectivity index (χ0) is 26.6. The van der Waals surface area contributed by atoms with Crippen molar-refractivity contribution in [1.82, 2.24) is 4.57 Å². The van der Waals surface area contributed by atoms with Crippen molar-refractivity contribution in [2.75, 3.05) is 25.2 Å². The van der Waals surface area contributed by atoms with Gasteiger partial charge in [0.05, 0.1) is 31.0 Å². The van der Waals surface area contributed by atoms with E-state index in [1.54, 1.807) is 22.8 Å². The number of carboxylic acids is 1. The summed E-state index contributed by atoms with van der Waals surface area (Å²) < 4.78 is 19.4. The Bertz CT molecular complexity index is 1210. The number of pyridine rings is 1. The fourth-order valence-corrected chi connectivity index (χ4v) is 4.38. The first-order valence-corrected chi connectivity index (χ1v) is 14.1. The van der Waals surface area contributed by atoms with Crippen molar-refractivity contribution in [2.45, 2.75) is 58.8 Å². The van der Waals surface area contributed by atoms with E-state index in [0.717, 1.165) is 31.0 Å². The van der Waals surface area contributed by atoms with E-state index in [1.807, 2.05) is 32.0 Å². The molecule has 0 atom stereocenters. The molecule has 0 unspecified atom stereocenters. The van der Waals surface area contributed by atoms with Crippen molar-refractivity contribution >= 4 is 32.8 Å². The monoisotopic (exact) mass is 573 g/mol. The summed E-state index contributed by atoms with van der Waals surface area (Å²) >= 11 is 3.46. The van der Waals surface area contributed by atoms with Crippen LogP contribution in [-0.2, 0) is 0 Å². The van der Waals surface area contributed by atoms with Crippen molar-refractivity contribution in [3.05, 3.63) is 58.4 Å². The molecule has 200 valence electrons. The molecule has 2 aromatic carbocycles. The van der Waals surface area contributed by atoms with Crippen molar-refractivity contribution in [2.24, 2.45) is 0 Å². The molecule has 0 radical (unpaired) electrons. The van der Waals surface area contributed by atoms with E-state index in [0.29, 0.717) is 53.7 Å². The maximum absolute atomic E-state index is 13.0. The molecule has 37 heavy (non-hydrogen) atoms. The number of fused-ring (bicyclic) bond motifs is 1. The number of halogens is 1. The number of hydrogen-bond acceptors (Lipinski definition) is 5. The topological polar surface area (TPSA) is 87.0 Å². The fourth-order valence-electron chi connectivity index (χ4n) is 3.98. The van der Waals surface area contributed by atoms with Crippen LogP contribution in [0.25, 0.3) is 16.6 Å². The molecule has 0 saturated heterocycles. The smallest absolute Gasteiger partial charge is 0.341 e. The van der Waals surface area contributed by atoms with Crippen LogP contribution in [0.1, 0.15) is 69.2 Å². The highest BCUT2D eigenvalue weighted by Gasteiger charge is 2.17. The summed E-state index contributed by atoms with van der Waals surface area (Å²) in [5.41, 5.74) is 0.355. The lowest BCUT2D eigenvalue weighted by atomic mass is 10.1. The number of benzene rings is 2. The van der Waals surface area contributed by atoms with Gasteiger partial charge in [-0.25, -0.2) is 4.79 Å². The van der Waals surface area contributed by atoms with Gasteiger partial charge in [-0.3, -0.25) is 4.79 Å². The number of carboxylic acid groups (broad SMARTS) is 1. The average Bonchev–Trinajstić information content (AvgIpc) is 2.90. The molecule has 0 spiro atoms. The number of aromatic nitrogens is 1. The third kappa shape index (κ3) is 7.99. The zero-order valence-corrected chi connectivity index (χ0v) is 23.2. The molecule has 0 aliphatic rings. The molecule has 0 amide bonds. The lowest BCUT2D eigenvalue weighted by Crippen LogP contribution is -2.18. The van der Waals surface area contributed by atoms with Gasteiger partial charge in [0, 0.05) is 41.2 Å². The minimum absolute atomic E-state index is 0.304. The second-order valence-electron chi connectivity index (χ2n) is 8.89. The average molecular weight is 575 g/mol. The van der Waals surface area contributed by atoms with Crippen molar-refractivity contribution < 1.29 is 24.1 Å². The van der Waals surface area contributed by atoms with Gasteiger partial charge in [-0.15, -0.1) is 0 Å². The number of alkyl halides is 1. The number of rotatable bonds is 16. The van der Waals surface area contributed by atoms with Crippen LogP contribution in [-0.4, -0.2) is 40.8 Å². The van der Waals surface area contributed by atoms with Gasteiger partial charge in [0.1, 0.15) is 22.8 Å². The number of hydrogen-bond donors (Lipinski definition) is 1. The lowest BCUT2D eigenvalue weighted by Gasteiger charge is -2.17. The van der Waals surface area contributed by atoms with Crippen LogP contribution in [0, 0.1) is 0 Å². The molecule has 3 aromatic rings. The Kier molecular flexibility index (Phi) is 11.3. The lowest BCUT2D eigenvalue weighted by molar-refractivity contribution is 0.0695. The summed E-state index contributed by atoms with van der Waals surface area (Å²) in [4.78, 5) is 24.9. The van der Waals surface area contributed by atoms with Crippen LogP contribution in [0.3, 0.4) is 0 Å². The highest BCUT2D eigenvalue weighted by Crippen LogP contribution is 2.29. The second-order valence-corrected chi connectivity index (χ2v) is 9.68. The molecule has 0 aliphatic carbocycles. The number of nitrogens with zero attached hydrogens (tertiary/aromatic N) is 1. The first-order chi connectivity index (χ1) is 18.0. The third-order valence-corrected chi connectivity index (χ3v) is 6.40. The van der Waals surface area contributed by atoms with Crippen LogP contribution in [0.4, 0.5) is 0 Å². The standard InChI is InChI=1S/C29H36BrNO6/c1-3-13-35-23-16-21(17-24(18-23)36-14-4-2)31-20-26(29(33)34)28(32)25-11-10-22(19-27(25)31)37-15-9-7-5-6-8-12-30/h10-11,16-20H,3-9,12-15H2,1-2H3,(H,33,34). The predicted molar refractivity (Wildman–Crippen MR) is 150 cm³/mol. The van der Waals surface area contributed by atoms with Gasteiger partial charge in [0.15, 0.2) is 0 Å². The van der Waals surface area contributed by atoms with Crippen LogP contribution in [0.15, 0.2) is 47.4 Å². The Labute approximate surface area is 226 Å². The molecule has 1 aromatic heterocycles. The summed E-state index contributed by atoms with van der Waals surface area (Å²) in [6.45, 7) is 5.70. The van der Waals surface area contributed by atoms with Gasteiger partial charge in [-0.05, 0) is 37.8 Å². The number of unbranched alkanes of at least 4 members (excludes halogenated alkanes) is 4. The van der Waals surface area contributed by atoms with E-state index in [-0.39, 0.29) is 5.56 Å². The molecule has 3 rings (SSSR count). The van der Waals surface area contributed by atoms with Gasteiger partial charge in [0.25, 0.3) is 0 Å². The second kappa shape index (κ2) is 14.7. The molecular formula is C29H36BrNO6. The van der Waals surface area contributed by atoms with Gasteiger partial charge in [-0.2, -0.15) is 0 Å². The normalized spacial score (nSPS) is 11.0. The molecule has 1 N–H and O–H groups in total. The molecule has 0 fully saturated rings. The molecule has 0 saturated carbocycles. The van der Waals surface area contributed by atoms with E-state index in [4.69, 9.17) is 14.2 Å². The van der Waals surface area contributed by atoms with E-state index >= 15 is 0 Å². The zero-order valence-electron chi connectivity index (χ0n) is 21.6. The highest BCUT2D eigenvalue weighted by molar-refractivity contribution is 9.09. The third-order valence-electron chi connectivity index (χ3n) is 5.84. The molecule has 8 heteroatoms. The Balaban J connectivity index is 2.01. The van der Waals surface area contributed by atoms with Crippen LogP contribution in [0.5, 0.6) is 17.2 Å². The first kappa shape index (κ1) is 28.6. The van der Waals surface area contributed by atoms with Crippen LogP contribution >= 0.6 is 15.9 Å². The van der Waals surface area contributed by atoms with Crippen molar-refractivity contribution in [3.63, 3.8) is 0 Å². The molecular weight excluding hydrogens is 538 g/mol. The van der Waals surface area contributed by atoms with E-state index in [1.165, 1.54) is 25.5 Å². The van der Waals surface area contributed by atoms with E-state index < -0.39 is 11.4 Å². The number of aromatic carboxylic acids is 1. The van der Waals surface area contributed by atoms with Crippen LogP contribution in [0.2, 0.25) is 0 Å². The maximum atomic E-state index is 13.0. The quantitative estimate of drug-likeness (QED) is 0.147. The Morgan fingerprint density at radius 2 is 1.46 bits per heavy atom. The molecule has 1 heterocycles. The Hall–Kier alpha value is -3.00. The minimum Gasteiger partial charge on any atom is -0.494 e. The highest BCUT2D eigenvalue weighted by atomic mass is 79.9. The maximum Gasteiger partial charge on any atom is 0.341 e. The largest absolute Gasteiger partial charge is 0.494 e. The van der Waals surface area contributed by atoms with Gasteiger partial charge < -0.3 is 23.9 Å². The first-order valence-electron chi connectivity index (χ1n) is 13.0. The van der Waals surface area contributed by atoms with E-state index in [2.05, 4.69) is 15.9 Å². The summed E-state index contributed by atoms with van der Waals surface area (Å²) in [7, 11) is 0. The summed E-state index contributed by atoms with van der Waals surface area (Å²) in [6, 6.07) is 10.6. The minimum atomic E-state index is -1.28. The summed E-state index contributed by atoms with van der Waals surface area (Å²) in [5.74, 6) is 0.578. The SMILES string of the molecule is CCCOc1cc(OCCC)cc(-n2cc(C(=O)O)c(=O)c3ccc(OCCCCCCCBr)cc32)c1. The van der Waals surface area contributed by atoms with Crippen molar-refractivity contribution in [3.8, 4) is 22.9 Å². The fraction of sp³-hybridized carbons (Fsp3) is 0.448. The Morgan fingerprint density at radius 3 is 2.08 bits per heavy atom. The summed E-state index contributed by atoms with van der Waals surface area (Å²) in [6.07, 6.45) is 8.64. The number of ether oxygens (including phenoxy) is 3. The molecule has 7 nitrogen and oxygen atoms in total. The molecule has 0 bridgehead atoms. The van der Waals surface area contributed by atoms with Crippen molar-refractivity contribution in [1.29, 1.82) is 0 Å².